The van der Waals surface area contributed by atoms with Crippen LogP contribution in [0.5, 0.6) is 5.75 Å². The van der Waals surface area contributed by atoms with E-state index in [-0.39, 0.29) is 6.10 Å². The predicted octanol–water partition coefficient (Wildman–Crippen LogP) is 1.99. The first-order valence-corrected chi connectivity index (χ1v) is 5.73. The number of anilines is 1. The standard InChI is InChI=1S/C13H15N3O/c1-8-5-10-4-3-9(6-12(10)17-8)11-7-13(14)16(2)15-11/h3-4,6-8H,5,14H2,1-2H3. The molecule has 2 heterocycles. The number of aromatic nitrogens is 2. The lowest BCUT2D eigenvalue weighted by atomic mass is 10.1. The van der Waals surface area contributed by atoms with E-state index in [4.69, 9.17) is 10.5 Å². The van der Waals surface area contributed by atoms with Crippen molar-refractivity contribution in [2.45, 2.75) is 19.4 Å². The van der Waals surface area contributed by atoms with E-state index in [2.05, 4.69) is 24.2 Å². The fourth-order valence-corrected chi connectivity index (χ4v) is 2.18. The third-order valence-electron chi connectivity index (χ3n) is 3.11. The molecule has 0 amide bonds. The molecule has 1 atom stereocenters. The van der Waals surface area contributed by atoms with Gasteiger partial charge < -0.3 is 10.5 Å². The van der Waals surface area contributed by atoms with Gasteiger partial charge in [-0.25, -0.2) is 0 Å². The zero-order chi connectivity index (χ0) is 12.0. The summed E-state index contributed by atoms with van der Waals surface area (Å²) in [4.78, 5) is 0. The van der Waals surface area contributed by atoms with E-state index in [1.165, 1.54) is 5.56 Å². The SMILES string of the molecule is CC1Cc2ccc(-c3cc(N)n(C)n3)cc2O1. The third kappa shape index (κ3) is 1.65. The molecule has 0 radical (unpaired) electrons. The van der Waals surface area contributed by atoms with Crippen molar-refractivity contribution in [3.05, 3.63) is 29.8 Å². The molecule has 4 nitrogen and oxygen atoms in total. The molecule has 1 unspecified atom stereocenters. The lowest BCUT2D eigenvalue weighted by Crippen LogP contribution is -2.05. The van der Waals surface area contributed by atoms with Gasteiger partial charge in [0.1, 0.15) is 17.7 Å². The van der Waals surface area contributed by atoms with E-state index in [1.54, 1.807) is 4.68 Å². The first kappa shape index (κ1) is 10.2. The van der Waals surface area contributed by atoms with Crippen LogP contribution in [-0.2, 0) is 13.5 Å². The Morgan fingerprint density at radius 1 is 1.41 bits per heavy atom. The number of aryl methyl sites for hydroxylation is 1. The fraction of sp³-hybridized carbons (Fsp3) is 0.308. The second kappa shape index (κ2) is 3.52. The average molecular weight is 229 g/mol. The molecular formula is C13H15N3O. The van der Waals surface area contributed by atoms with Crippen LogP contribution in [0, 0.1) is 0 Å². The maximum absolute atomic E-state index is 5.78. The second-order valence-corrected chi connectivity index (χ2v) is 4.53. The normalized spacial score (nSPS) is 17.9. The molecular weight excluding hydrogens is 214 g/mol. The van der Waals surface area contributed by atoms with Crippen molar-refractivity contribution in [2.75, 3.05) is 5.73 Å². The molecule has 2 N–H and O–H groups in total. The topological polar surface area (TPSA) is 53.1 Å². The monoisotopic (exact) mass is 229 g/mol. The number of nitrogen functional groups attached to an aromatic ring is 1. The van der Waals surface area contributed by atoms with Crippen molar-refractivity contribution < 1.29 is 4.74 Å². The molecule has 4 heteroatoms. The summed E-state index contributed by atoms with van der Waals surface area (Å²) in [7, 11) is 1.84. The Morgan fingerprint density at radius 3 is 2.94 bits per heavy atom. The van der Waals surface area contributed by atoms with E-state index in [1.807, 2.05) is 19.2 Å². The molecule has 0 spiro atoms. The number of nitrogens with two attached hydrogens (primary N) is 1. The maximum atomic E-state index is 5.78. The van der Waals surface area contributed by atoms with Gasteiger partial charge in [-0.2, -0.15) is 5.10 Å². The highest BCUT2D eigenvalue weighted by molar-refractivity contribution is 5.65. The van der Waals surface area contributed by atoms with Crippen LogP contribution in [0.4, 0.5) is 5.82 Å². The van der Waals surface area contributed by atoms with E-state index >= 15 is 0 Å². The van der Waals surface area contributed by atoms with Gasteiger partial charge in [0, 0.05) is 25.1 Å². The molecule has 0 bridgehead atoms. The van der Waals surface area contributed by atoms with Gasteiger partial charge in [-0.05, 0) is 18.6 Å². The van der Waals surface area contributed by atoms with Crippen LogP contribution in [0.2, 0.25) is 0 Å². The Balaban J connectivity index is 2.03. The van der Waals surface area contributed by atoms with Crippen LogP contribution in [0.3, 0.4) is 0 Å². The van der Waals surface area contributed by atoms with Crippen molar-refractivity contribution in [2.24, 2.45) is 7.05 Å². The van der Waals surface area contributed by atoms with Crippen molar-refractivity contribution in [3.63, 3.8) is 0 Å². The molecule has 0 aliphatic carbocycles. The summed E-state index contributed by atoms with van der Waals surface area (Å²) in [5, 5.41) is 4.36. The molecule has 3 rings (SSSR count). The Bertz CT molecular complexity index is 555. The zero-order valence-electron chi connectivity index (χ0n) is 9.97. The Labute approximate surface area is 100 Å². The zero-order valence-corrected chi connectivity index (χ0v) is 9.97. The largest absolute Gasteiger partial charge is 0.490 e. The van der Waals surface area contributed by atoms with Gasteiger partial charge in [0.05, 0.1) is 5.69 Å². The van der Waals surface area contributed by atoms with Gasteiger partial charge >= 0.3 is 0 Å². The number of rotatable bonds is 1. The minimum atomic E-state index is 0.272. The van der Waals surface area contributed by atoms with E-state index in [0.29, 0.717) is 5.82 Å². The molecule has 2 aromatic rings. The summed E-state index contributed by atoms with van der Waals surface area (Å²) in [6.45, 7) is 2.08. The lowest BCUT2D eigenvalue weighted by Gasteiger charge is -2.03. The molecule has 0 fully saturated rings. The molecule has 1 aromatic carbocycles. The highest BCUT2D eigenvalue weighted by Crippen LogP contribution is 2.33. The number of hydrogen-bond donors (Lipinski definition) is 1. The average Bonchev–Trinajstić information content (AvgIpc) is 2.80. The molecule has 1 aliphatic rings. The van der Waals surface area contributed by atoms with E-state index < -0.39 is 0 Å². The van der Waals surface area contributed by atoms with Gasteiger partial charge in [0.25, 0.3) is 0 Å². The first-order valence-electron chi connectivity index (χ1n) is 5.73. The molecule has 1 aromatic heterocycles. The molecule has 17 heavy (non-hydrogen) atoms. The summed E-state index contributed by atoms with van der Waals surface area (Å²) in [5.74, 6) is 1.63. The van der Waals surface area contributed by atoms with Crippen LogP contribution in [0.15, 0.2) is 24.3 Å². The summed E-state index contributed by atoms with van der Waals surface area (Å²) in [6, 6.07) is 8.10. The summed E-state index contributed by atoms with van der Waals surface area (Å²) in [6.07, 6.45) is 1.26. The lowest BCUT2D eigenvalue weighted by molar-refractivity contribution is 0.254. The first-order chi connectivity index (χ1) is 8.13. The van der Waals surface area contributed by atoms with Gasteiger partial charge in [-0.3, -0.25) is 4.68 Å². The fourth-order valence-electron chi connectivity index (χ4n) is 2.18. The van der Waals surface area contributed by atoms with Crippen molar-refractivity contribution in [3.8, 4) is 17.0 Å². The molecule has 0 saturated carbocycles. The smallest absolute Gasteiger partial charge is 0.123 e. The molecule has 88 valence electrons. The van der Waals surface area contributed by atoms with Crippen molar-refractivity contribution in [1.29, 1.82) is 0 Å². The number of ether oxygens (including phenoxy) is 1. The number of fused-ring (bicyclic) bond motifs is 1. The molecule has 0 saturated heterocycles. The Kier molecular flexibility index (Phi) is 2.11. The summed E-state index contributed by atoms with van der Waals surface area (Å²) < 4.78 is 7.41. The predicted molar refractivity (Wildman–Crippen MR) is 66.9 cm³/mol. The quantitative estimate of drug-likeness (QED) is 0.813. The Morgan fingerprint density at radius 2 is 2.24 bits per heavy atom. The molecule has 1 aliphatic heterocycles. The minimum absolute atomic E-state index is 0.272. The number of benzene rings is 1. The van der Waals surface area contributed by atoms with E-state index in [9.17, 15) is 0 Å². The Hall–Kier alpha value is -1.97. The summed E-state index contributed by atoms with van der Waals surface area (Å²) >= 11 is 0. The summed E-state index contributed by atoms with van der Waals surface area (Å²) in [5.41, 5.74) is 8.98. The maximum Gasteiger partial charge on any atom is 0.123 e. The van der Waals surface area contributed by atoms with Gasteiger partial charge in [0.15, 0.2) is 0 Å². The van der Waals surface area contributed by atoms with Crippen LogP contribution in [-0.4, -0.2) is 15.9 Å². The van der Waals surface area contributed by atoms with Crippen LogP contribution in [0.25, 0.3) is 11.3 Å². The number of nitrogens with zero attached hydrogens (tertiary/aromatic N) is 2. The van der Waals surface area contributed by atoms with Crippen LogP contribution >= 0.6 is 0 Å². The number of hydrogen-bond acceptors (Lipinski definition) is 3. The highest BCUT2D eigenvalue weighted by atomic mass is 16.5. The van der Waals surface area contributed by atoms with Gasteiger partial charge in [-0.15, -0.1) is 0 Å². The highest BCUT2D eigenvalue weighted by Gasteiger charge is 2.19. The van der Waals surface area contributed by atoms with Gasteiger partial charge in [0.2, 0.25) is 0 Å². The van der Waals surface area contributed by atoms with Gasteiger partial charge in [-0.1, -0.05) is 12.1 Å². The third-order valence-corrected chi connectivity index (χ3v) is 3.11. The van der Waals surface area contributed by atoms with Crippen LogP contribution in [0.1, 0.15) is 12.5 Å². The van der Waals surface area contributed by atoms with E-state index in [0.717, 1.165) is 23.4 Å². The van der Waals surface area contributed by atoms with Crippen molar-refractivity contribution >= 4 is 5.82 Å². The van der Waals surface area contributed by atoms with Crippen LogP contribution < -0.4 is 10.5 Å². The second-order valence-electron chi connectivity index (χ2n) is 4.53. The van der Waals surface area contributed by atoms with Crippen molar-refractivity contribution in [1.82, 2.24) is 9.78 Å². The minimum Gasteiger partial charge on any atom is -0.490 e.